The molecular formula is C23H29N3O2. The minimum Gasteiger partial charge on any atom is -0.372 e. The number of nitrogens with zero attached hydrogens (tertiary/aromatic N) is 2. The fourth-order valence-corrected chi connectivity index (χ4v) is 3.66. The van der Waals surface area contributed by atoms with Gasteiger partial charge < -0.3 is 15.1 Å². The van der Waals surface area contributed by atoms with Crippen LogP contribution in [-0.4, -0.2) is 31.4 Å². The summed E-state index contributed by atoms with van der Waals surface area (Å²) in [5, 5.41) is 2.94. The molecule has 0 radical (unpaired) electrons. The Morgan fingerprint density at radius 1 is 1.00 bits per heavy atom. The van der Waals surface area contributed by atoms with E-state index in [1.807, 2.05) is 48.5 Å². The van der Waals surface area contributed by atoms with Gasteiger partial charge in [0, 0.05) is 37.1 Å². The normalized spacial score (nSPS) is 13.9. The van der Waals surface area contributed by atoms with Crippen LogP contribution < -0.4 is 15.1 Å². The van der Waals surface area contributed by atoms with Gasteiger partial charge in [-0.05, 0) is 61.6 Å². The van der Waals surface area contributed by atoms with Crippen LogP contribution in [0.1, 0.15) is 38.7 Å². The molecule has 5 heteroatoms. The lowest BCUT2D eigenvalue weighted by Crippen LogP contribution is -2.37. The number of hydrogen-bond donors (Lipinski definition) is 1. The zero-order chi connectivity index (χ0) is 19.9. The molecule has 2 aromatic carbocycles. The Kier molecular flexibility index (Phi) is 6.69. The summed E-state index contributed by atoms with van der Waals surface area (Å²) in [4.78, 5) is 28.6. The van der Waals surface area contributed by atoms with Crippen molar-refractivity contribution in [2.45, 2.75) is 39.5 Å². The second-order valence-electron chi connectivity index (χ2n) is 7.23. The number of carbonyl (C=O) groups excluding carboxylic acids is 2. The minimum atomic E-state index is -0.198. The maximum absolute atomic E-state index is 12.6. The SMILES string of the molecule is CCc1ccccc1NC(=O)CN(C(C)=O)c1ccc(N2CCCCC2)cc1. The van der Waals surface area contributed by atoms with Crippen LogP contribution in [0.4, 0.5) is 17.1 Å². The van der Waals surface area contributed by atoms with Gasteiger partial charge in [-0.3, -0.25) is 9.59 Å². The molecule has 28 heavy (non-hydrogen) atoms. The van der Waals surface area contributed by atoms with Crippen LogP contribution in [0.3, 0.4) is 0 Å². The van der Waals surface area contributed by atoms with Crippen molar-refractivity contribution < 1.29 is 9.59 Å². The average Bonchev–Trinajstić information content (AvgIpc) is 2.73. The Morgan fingerprint density at radius 2 is 1.68 bits per heavy atom. The molecule has 1 fully saturated rings. The second-order valence-corrected chi connectivity index (χ2v) is 7.23. The van der Waals surface area contributed by atoms with E-state index in [1.165, 1.54) is 36.8 Å². The highest BCUT2D eigenvalue weighted by Crippen LogP contribution is 2.24. The van der Waals surface area contributed by atoms with E-state index >= 15 is 0 Å². The maximum atomic E-state index is 12.6. The maximum Gasteiger partial charge on any atom is 0.244 e. The Bertz CT molecular complexity index is 811. The average molecular weight is 380 g/mol. The molecule has 1 N–H and O–H groups in total. The summed E-state index contributed by atoms with van der Waals surface area (Å²) in [6.07, 6.45) is 4.58. The van der Waals surface area contributed by atoms with Crippen LogP contribution in [-0.2, 0) is 16.0 Å². The molecule has 2 aromatic rings. The third-order valence-electron chi connectivity index (χ3n) is 5.24. The van der Waals surface area contributed by atoms with E-state index < -0.39 is 0 Å². The molecule has 0 spiro atoms. The number of anilines is 3. The molecule has 3 rings (SSSR count). The molecule has 1 heterocycles. The van der Waals surface area contributed by atoms with Crippen LogP contribution in [0.2, 0.25) is 0 Å². The molecule has 1 saturated heterocycles. The first-order valence-corrected chi connectivity index (χ1v) is 10.1. The number of aryl methyl sites for hydroxylation is 1. The number of para-hydroxylation sites is 1. The van der Waals surface area contributed by atoms with E-state index in [9.17, 15) is 9.59 Å². The first-order valence-electron chi connectivity index (χ1n) is 10.1. The molecule has 148 valence electrons. The Balaban J connectivity index is 1.69. The van der Waals surface area contributed by atoms with Gasteiger partial charge in [0.2, 0.25) is 11.8 Å². The molecule has 0 atom stereocenters. The smallest absolute Gasteiger partial charge is 0.244 e. The molecule has 0 aromatic heterocycles. The van der Waals surface area contributed by atoms with Crippen molar-refractivity contribution >= 4 is 28.9 Å². The molecule has 0 bridgehead atoms. The van der Waals surface area contributed by atoms with Gasteiger partial charge in [-0.2, -0.15) is 0 Å². The van der Waals surface area contributed by atoms with Crippen molar-refractivity contribution in [1.29, 1.82) is 0 Å². The molecule has 0 unspecified atom stereocenters. The molecule has 1 aliphatic rings. The van der Waals surface area contributed by atoms with E-state index in [1.54, 1.807) is 0 Å². The summed E-state index contributed by atoms with van der Waals surface area (Å²) in [7, 11) is 0. The Hall–Kier alpha value is -2.82. The van der Waals surface area contributed by atoms with E-state index in [0.29, 0.717) is 0 Å². The van der Waals surface area contributed by atoms with Crippen molar-refractivity contribution in [3.05, 3.63) is 54.1 Å². The number of nitrogens with one attached hydrogen (secondary N) is 1. The van der Waals surface area contributed by atoms with Crippen molar-refractivity contribution in [3.63, 3.8) is 0 Å². The van der Waals surface area contributed by atoms with Crippen molar-refractivity contribution in [1.82, 2.24) is 0 Å². The highest BCUT2D eigenvalue weighted by atomic mass is 16.2. The highest BCUT2D eigenvalue weighted by molar-refractivity contribution is 6.02. The van der Waals surface area contributed by atoms with Crippen LogP contribution in [0, 0.1) is 0 Å². The van der Waals surface area contributed by atoms with Gasteiger partial charge in [0.1, 0.15) is 6.54 Å². The zero-order valence-corrected chi connectivity index (χ0v) is 16.8. The summed E-state index contributed by atoms with van der Waals surface area (Å²) in [5.41, 5.74) is 3.80. The monoisotopic (exact) mass is 379 g/mol. The lowest BCUT2D eigenvalue weighted by Gasteiger charge is -2.29. The molecule has 5 nitrogen and oxygen atoms in total. The lowest BCUT2D eigenvalue weighted by atomic mass is 10.1. The Morgan fingerprint density at radius 3 is 2.32 bits per heavy atom. The van der Waals surface area contributed by atoms with E-state index in [2.05, 4.69) is 17.1 Å². The van der Waals surface area contributed by atoms with E-state index in [4.69, 9.17) is 0 Å². The van der Waals surface area contributed by atoms with Crippen LogP contribution >= 0.6 is 0 Å². The van der Waals surface area contributed by atoms with Crippen LogP contribution in [0.15, 0.2) is 48.5 Å². The van der Waals surface area contributed by atoms with Gasteiger partial charge in [-0.25, -0.2) is 0 Å². The quantitative estimate of drug-likeness (QED) is 0.817. The standard InChI is InChI=1S/C23H29N3O2/c1-3-19-9-5-6-10-22(19)24-23(28)17-26(18(2)27)21-13-11-20(12-14-21)25-15-7-4-8-16-25/h5-6,9-14H,3-4,7-8,15-17H2,1-2H3,(H,24,28). The molecule has 0 saturated carbocycles. The minimum absolute atomic E-state index is 0.00353. The number of carbonyl (C=O) groups is 2. The third-order valence-corrected chi connectivity index (χ3v) is 5.24. The van der Waals surface area contributed by atoms with Gasteiger partial charge >= 0.3 is 0 Å². The molecule has 2 amide bonds. The lowest BCUT2D eigenvalue weighted by molar-refractivity contribution is -0.120. The Labute approximate surface area is 167 Å². The third kappa shape index (κ3) is 4.91. The first kappa shape index (κ1) is 19.9. The summed E-state index contributed by atoms with van der Waals surface area (Å²) >= 11 is 0. The number of piperidine rings is 1. The summed E-state index contributed by atoms with van der Waals surface area (Å²) in [6, 6.07) is 15.7. The van der Waals surface area contributed by atoms with Crippen molar-refractivity contribution in [2.24, 2.45) is 0 Å². The van der Waals surface area contributed by atoms with Crippen molar-refractivity contribution in [3.8, 4) is 0 Å². The van der Waals surface area contributed by atoms with E-state index in [-0.39, 0.29) is 18.4 Å². The number of amides is 2. The van der Waals surface area contributed by atoms with E-state index in [0.717, 1.165) is 36.4 Å². The molecular weight excluding hydrogens is 350 g/mol. The summed E-state index contributed by atoms with van der Waals surface area (Å²) in [5.74, 6) is -0.346. The number of benzene rings is 2. The van der Waals surface area contributed by atoms with Crippen LogP contribution in [0.25, 0.3) is 0 Å². The second kappa shape index (κ2) is 9.40. The molecule has 1 aliphatic heterocycles. The number of rotatable bonds is 6. The van der Waals surface area contributed by atoms with Gasteiger partial charge in [-0.1, -0.05) is 25.1 Å². The topological polar surface area (TPSA) is 52.7 Å². The van der Waals surface area contributed by atoms with Crippen LogP contribution in [0.5, 0.6) is 0 Å². The largest absolute Gasteiger partial charge is 0.372 e. The first-order chi connectivity index (χ1) is 13.6. The summed E-state index contributed by atoms with van der Waals surface area (Å²) < 4.78 is 0. The van der Waals surface area contributed by atoms with Crippen molar-refractivity contribution in [2.75, 3.05) is 34.8 Å². The van der Waals surface area contributed by atoms with Gasteiger partial charge in [0.05, 0.1) is 0 Å². The molecule has 0 aliphatic carbocycles. The predicted molar refractivity (Wildman–Crippen MR) is 115 cm³/mol. The summed E-state index contributed by atoms with van der Waals surface area (Å²) in [6.45, 7) is 5.70. The zero-order valence-electron chi connectivity index (χ0n) is 16.8. The van der Waals surface area contributed by atoms with Gasteiger partial charge in [-0.15, -0.1) is 0 Å². The predicted octanol–water partition coefficient (Wildman–Crippen LogP) is 4.23. The highest BCUT2D eigenvalue weighted by Gasteiger charge is 2.17. The fraction of sp³-hybridized carbons (Fsp3) is 0.391. The van der Waals surface area contributed by atoms with Gasteiger partial charge in [0.25, 0.3) is 0 Å². The number of hydrogen-bond acceptors (Lipinski definition) is 3. The fourth-order valence-electron chi connectivity index (χ4n) is 3.66. The van der Waals surface area contributed by atoms with Gasteiger partial charge in [0.15, 0.2) is 0 Å².